The van der Waals surface area contributed by atoms with Crippen molar-refractivity contribution in [3.8, 4) is 6.07 Å². The van der Waals surface area contributed by atoms with E-state index in [0.717, 1.165) is 5.56 Å². The first-order valence-corrected chi connectivity index (χ1v) is 8.57. The van der Waals surface area contributed by atoms with Gasteiger partial charge in [0.05, 0.1) is 23.1 Å². The molecule has 0 bridgehead atoms. The molecule has 21 heavy (non-hydrogen) atoms. The Balaban J connectivity index is 2.10. The van der Waals surface area contributed by atoms with Crippen molar-refractivity contribution in [3.63, 3.8) is 0 Å². The van der Waals surface area contributed by atoms with Crippen molar-refractivity contribution < 1.29 is 8.42 Å². The third-order valence-corrected chi connectivity index (χ3v) is 5.10. The molecule has 0 saturated carbocycles. The predicted molar refractivity (Wildman–Crippen MR) is 83.5 cm³/mol. The van der Waals surface area contributed by atoms with E-state index < -0.39 is 9.84 Å². The molecule has 1 atom stereocenters. The van der Waals surface area contributed by atoms with Crippen LogP contribution in [0.25, 0.3) is 0 Å². The van der Waals surface area contributed by atoms with Crippen molar-refractivity contribution in [2.45, 2.75) is 18.6 Å². The maximum Gasteiger partial charge on any atom is 0.155 e. The summed E-state index contributed by atoms with van der Waals surface area (Å²) in [6.07, 6.45) is 0. The van der Waals surface area contributed by atoms with E-state index in [1.807, 2.05) is 43.3 Å². The van der Waals surface area contributed by atoms with Crippen LogP contribution >= 0.6 is 0 Å². The van der Waals surface area contributed by atoms with Gasteiger partial charge in [0.1, 0.15) is 0 Å². The summed E-state index contributed by atoms with van der Waals surface area (Å²) < 4.78 is 24.6. The van der Waals surface area contributed by atoms with Crippen molar-refractivity contribution in [1.82, 2.24) is 0 Å². The molecule has 0 fully saturated rings. The van der Waals surface area contributed by atoms with Crippen LogP contribution in [-0.4, -0.2) is 14.2 Å². The summed E-state index contributed by atoms with van der Waals surface area (Å²) in [7, 11) is -3.22. The predicted octanol–water partition coefficient (Wildman–Crippen LogP) is 3.28. The Morgan fingerprint density at radius 3 is 2.48 bits per heavy atom. The summed E-state index contributed by atoms with van der Waals surface area (Å²) in [5.41, 5.74) is 2.17. The fraction of sp³-hybridized carbons (Fsp3) is 0.235. The average molecular weight is 299 g/mol. The van der Waals surface area contributed by atoms with E-state index >= 15 is 0 Å². The van der Waals surface area contributed by atoms with Gasteiger partial charge in [-0.25, -0.2) is 8.42 Å². The fourth-order valence-electron chi connectivity index (χ4n) is 2.30. The zero-order chi connectivity index (χ0) is 15.3. The van der Waals surface area contributed by atoms with Gasteiger partial charge in [0, 0.05) is 0 Å². The molecule has 2 aromatic carbocycles. The lowest BCUT2D eigenvalue weighted by Crippen LogP contribution is -2.14. The standard InChI is InChI=1S/C17H17NO2S/c1-14(17-8-3-2-4-9-17)12-21(19,20)13-16-7-5-6-15(10-16)11-18/h2-10,14H,12-13H2,1H3. The lowest BCUT2D eigenvalue weighted by Gasteiger charge is -2.12. The van der Waals surface area contributed by atoms with Crippen LogP contribution in [0.15, 0.2) is 54.6 Å². The molecule has 0 aliphatic carbocycles. The van der Waals surface area contributed by atoms with Crippen LogP contribution in [0.3, 0.4) is 0 Å². The molecule has 0 N–H and O–H groups in total. The molecular weight excluding hydrogens is 282 g/mol. The van der Waals surface area contributed by atoms with Crippen molar-refractivity contribution in [2.75, 3.05) is 5.75 Å². The minimum Gasteiger partial charge on any atom is -0.228 e. The fourth-order valence-corrected chi connectivity index (χ4v) is 4.06. The number of nitrogens with zero attached hydrogens (tertiary/aromatic N) is 1. The van der Waals surface area contributed by atoms with E-state index in [2.05, 4.69) is 0 Å². The van der Waals surface area contributed by atoms with Crippen LogP contribution in [0.4, 0.5) is 0 Å². The third-order valence-electron chi connectivity index (χ3n) is 3.32. The zero-order valence-corrected chi connectivity index (χ0v) is 12.7. The third kappa shape index (κ3) is 4.44. The Morgan fingerprint density at radius 2 is 1.81 bits per heavy atom. The molecule has 4 heteroatoms. The number of nitriles is 1. The summed E-state index contributed by atoms with van der Waals surface area (Å²) >= 11 is 0. The number of hydrogen-bond acceptors (Lipinski definition) is 3. The van der Waals surface area contributed by atoms with E-state index in [-0.39, 0.29) is 17.4 Å². The van der Waals surface area contributed by atoms with Gasteiger partial charge >= 0.3 is 0 Å². The van der Waals surface area contributed by atoms with Crippen LogP contribution in [0.2, 0.25) is 0 Å². The molecule has 0 spiro atoms. The maximum atomic E-state index is 12.3. The molecule has 1 unspecified atom stereocenters. The smallest absolute Gasteiger partial charge is 0.155 e. The lowest BCUT2D eigenvalue weighted by molar-refractivity contribution is 0.589. The van der Waals surface area contributed by atoms with Gasteiger partial charge in [-0.3, -0.25) is 0 Å². The highest BCUT2D eigenvalue weighted by Gasteiger charge is 2.18. The first-order valence-electron chi connectivity index (χ1n) is 6.74. The highest BCUT2D eigenvalue weighted by Crippen LogP contribution is 2.19. The van der Waals surface area contributed by atoms with Crippen molar-refractivity contribution >= 4 is 9.84 Å². The van der Waals surface area contributed by atoms with Crippen LogP contribution in [0.5, 0.6) is 0 Å². The number of rotatable bonds is 5. The molecule has 0 amide bonds. The maximum absolute atomic E-state index is 12.3. The molecule has 0 aromatic heterocycles. The van der Waals surface area contributed by atoms with Gasteiger partial charge in [-0.05, 0) is 29.2 Å². The molecule has 0 aliphatic heterocycles. The first-order chi connectivity index (χ1) is 10.00. The molecule has 3 nitrogen and oxygen atoms in total. The molecular formula is C17H17NO2S. The molecule has 0 radical (unpaired) electrons. The first kappa shape index (κ1) is 15.3. The second kappa shape index (κ2) is 6.55. The number of hydrogen-bond donors (Lipinski definition) is 0. The van der Waals surface area contributed by atoms with Gasteiger partial charge in [0.15, 0.2) is 9.84 Å². The minimum absolute atomic E-state index is 0.0281. The number of benzene rings is 2. The second-order valence-corrected chi connectivity index (χ2v) is 7.29. The summed E-state index contributed by atoms with van der Waals surface area (Å²) in [5, 5.41) is 8.86. The Labute approximate surface area is 125 Å². The summed E-state index contributed by atoms with van der Waals surface area (Å²) in [4.78, 5) is 0. The van der Waals surface area contributed by atoms with Gasteiger partial charge in [0.2, 0.25) is 0 Å². The zero-order valence-electron chi connectivity index (χ0n) is 11.9. The van der Waals surface area contributed by atoms with Crippen molar-refractivity contribution in [3.05, 3.63) is 71.3 Å². The Hall–Kier alpha value is -2.12. The van der Waals surface area contributed by atoms with Crippen molar-refractivity contribution in [2.24, 2.45) is 0 Å². The van der Waals surface area contributed by atoms with Crippen LogP contribution in [-0.2, 0) is 15.6 Å². The van der Waals surface area contributed by atoms with Crippen LogP contribution < -0.4 is 0 Å². The molecule has 2 rings (SSSR count). The summed E-state index contributed by atoms with van der Waals surface area (Å²) in [6, 6.07) is 18.4. The number of sulfone groups is 1. The lowest BCUT2D eigenvalue weighted by atomic mass is 10.0. The van der Waals surface area contributed by atoms with Crippen LogP contribution in [0.1, 0.15) is 29.5 Å². The Kier molecular flexibility index (Phi) is 4.77. The highest BCUT2D eigenvalue weighted by atomic mass is 32.2. The quantitative estimate of drug-likeness (QED) is 0.851. The summed E-state index contributed by atoms with van der Waals surface area (Å²) in [6.45, 7) is 1.92. The molecule has 0 saturated heterocycles. The molecule has 0 heterocycles. The van der Waals surface area contributed by atoms with E-state index in [4.69, 9.17) is 5.26 Å². The van der Waals surface area contributed by atoms with E-state index in [9.17, 15) is 8.42 Å². The largest absolute Gasteiger partial charge is 0.228 e. The van der Waals surface area contributed by atoms with E-state index in [1.54, 1.807) is 24.3 Å². The molecule has 0 aliphatic rings. The van der Waals surface area contributed by atoms with Gasteiger partial charge in [0.25, 0.3) is 0 Å². The van der Waals surface area contributed by atoms with Gasteiger partial charge < -0.3 is 0 Å². The van der Waals surface area contributed by atoms with Crippen molar-refractivity contribution in [1.29, 1.82) is 5.26 Å². The molecule has 108 valence electrons. The van der Waals surface area contributed by atoms with Gasteiger partial charge in [-0.2, -0.15) is 5.26 Å². The average Bonchev–Trinajstić information content (AvgIpc) is 2.47. The van der Waals surface area contributed by atoms with Crippen LogP contribution in [0, 0.1) is 11.3 Å². The summed E-state index contributed by atoms with van der Waals surface area (Å²) in [5.74, 6) is 0.0309. The monoisotopic (exact) mass is 299 g/mol. The minimum atomic E-state index is -3.22. The van der Waals surface area contributed by atoms with Gasteiger partial charge in [-0.1, -0.05) is 49.4 Å². The second-order valence-electron chi connectivity index (χ2n) is 5.18. The van der Waals surface area contributed by atoms with E-state index in [1.165, 1.54) is 0 Å². The van der Waals surface area contributed by atoms with Gasteiger partial charge in [-0.15, -0.1) is 0 Å². The molecule has 2 aromatic rings. The Bertz CT molecular complexity index is 746. The van der Waals surface area contributed by atoms with E-state index in [0.29, 0.717) is 11.1 Å². The normalized spacial score (nSPS) is 12.6. The Morgan fingerprint density at radius 1 is 1.10 bits per heavy atom. The topological polar surface area (TPSA) is 57.9 Å². The SMILES string of the molecule is CC(CS(=O)(=O)Cc1cccc(C#N)c1)c1ccccc1. The highest BCUT2D eigenvalue weighted by molar-refractivity contribution is 7.90.